The fourth-order valence-corrected chi connectivity index (χ4v) is 4.29. The van der Waals surface area contributed by atoms with E-state index in [9.17, 15) is 4.79 Å². The molecule has 0 fully saturated rings. The topological polar surface area (TPSA) is 59.8 Å². The van der Waals surface area contributed by atoms with Gasteiger partial charge in [-0.3, -0.25) is 9.36 Å². The molecule has 146 valence electrons. The van der Waals surface area contributed by atoms with Gasteiger partial charge in [0.05, 0.1) is 12.3 Å². The van der Waals surface area contributed by atoms with Gasteiger partial charge in [-0.1, -0.05) is 47.6 Å². The Morgan fingerprint density at radius 3 is 2.55 bits per heavy atom. The third-order valence-electron chi connectivity index (χ3n) is 4.12. The molecule has 0 aliphatic heterocycles. The van der Waals surface area contributed by atoms with Crippen molar-refractivity contribution in [1.82, 2.24) is 20.1 Å². The van der Waals surface area contributed by atoms with Crippen molar-refractivity contribution in [2.24, 2.45) is 0 Å². The lowest BCUT2D eigenvalue weighted by atomic mass is 10.2. The fraction of sp³-hybridized carbons (Fsp3) is 0.0952. The number of thiophene rings is 1. The fourth-order valence-electron chi connectivity index (χ4n) is 2.74. The molecule has 2 heterocycles. The number of hydrogen-bond donors (Lipinski definition) is 1. The molecule has 2 aromatic carbocycles. The zero-order valence-electron chi connectivity index (χ0n) is 15.3. The average molecular weight is 441 g/mol. The van der Waals surface area contributed by atoms with Crippen LogP contribution in [-0.4, -0.2) is 26.4 Å². The molecular weight excluding hydrogens is 424 g/mol. The first-order valence-electron chi connectivity index (χ1n) is 8.89. The summed E-state index contributed by atoms with van der Waals surface area (Å²) in [4.78, 5) is 13.4. The summed E-state index contributed by atoms with van der Waals surface area (Å²) in [6.07, 6.45) is 0. The van der Waals surface area contributed by atoms with Crippen molar-refractivity contribution in [3.05, 3.63) is 82.0 Å². The van der Waals surface area contributed by atoms with Crippen molar-refractivity contribution in [2.75, 3.05) is 5.75 Å². The molecule has 0 radical (unpaired) electrons. The molecule has 4 rings (SSSR count). The predicted octanol–water partition coefficient (Wildman–Crippen LogP) is 5.06. The van der Waals surface area contributed by atoms with Crippen LogP contribution < -0.4 is 5.32 Å². The number of carbonyl (C=O) groups is 1. The van der Waals surface area contributed by atoms with E-state index in [1.807, 2.05) is 76.7 Å². The van der Waals surface area contributed by atoms with E-state index >= 15 is 0 Å². The van der Waals surface area contributed by atoms with Gasteiger partial charge in [0.1, 0.15) is 0 Å². The van der Waals surface area contributed by atoms with E-state index in [4.69, 9.17) is 11.6 Å². The van der Waals surface area contributed by atoms with Crippen LogP contribution in [0.4, 0.5) is 0 Å². The smallest absolute Gasteiger partial charge is 0.230 e. The van der Waals surface area contributed by atoms with Crippen LogP contribution in [0, 0.1) is 0 Å². The molecular formula is C21H17ClN4OS2. The molecule has 2 aromatic heterocycles. The third-order valence-corrected chi connectivity index (χ3v) is 6.18. The molecule has 0 saturated heterocycles. The van der Waals surface area contributed by atoms with Gasteiger partial charge in [-0.05, 0) is 47.8 Å². The normalized spacial score (nSPS) is 10.8. The van der Waals surface area contributed by atoms with Gasteiger partial charge in [-0.2, -0.15) is 0 Å². The minimum absolute atomic E-state index is 0.0425. The molecule has 8 heteroatoms. The minimum Gasteiger partial charge on any atom is -0.350 e. The van der Waals surface area contributed by atoms with Gasteiger partial charge in [-0.25, -0.2) is 0 Å². The Bertz CT molecular complexity index is 1080. The van der Waals surface area contributed by atoms with Gasteiger partial charge in [-0.15, -0.1) is 21.5 Å². The van der Waals surface area contributed by atoms with Crippen LogP contribution in [0.25, 0.3) is 17.1 Å². The first-order valence-corrected chi connectivity index (χ1v) is 11.1. The molecule has 0 unspecified atom stereocenters. The van der Waals surface area contributed by atoms with E-state index in [1.54, 1.807) is 11.3 Å². The standard InChI is InChI=1S/C21H17ClN4OS2/c22-16-10-8-15(9-11-16)20-24-25-21(26(20)17-5-2-1-3-6-17)29-14-19(27)23-13-18-7-4-12-28-18/h1-12H,13-14H2,(H,23,27). The van der Waals surface area contributed by atoms with Crippen molar-refractivity contribution in [3.63, 3.8) is 0 Å². The number of hydrogen-bond acceptors (Lipinski definition) is 5. The molecule has 1 N–H and O–H groups in total. The van der Waals surface area contributed by atoms with Crippen molar-refractivity contribution < 1.29 is 4.79 Å². The van der Waals surface area contributed by atoms with Gasteiger partial charge in [0.2, 0.25) is 5.91 Å². The summed E-state index contributed by atoms with van der Waals surface area (Å²) >= 11 is 9.01. The maximum absolute atomic E-state index is 12.3. The SMILES string of the molecule is O=C(CSc1nnc(-c2ccc(Cl)cc2)n1-c1ccccc1)NCc1cccs1. The van der Waals surface area contributed by atoms with Crippen molar-refractivity contribution in [3.8, 4) is 17.1 Å². The number of nitrogens with one attached hydrogen (secondary N) is 1. The summed E-state index contributed by atoms with van der Waals surface area (Å²) in [5.74, 6) is 0.921. The van der Waals surface area contributed by atoms with Gasteiger partial charge < -0.3 is 5.32 Å². The van der Waals surface area contributed by atoms with Crippen LogP contribution in [0.1, 0.15) is 4.88 Å². The lowest BCUT2D eigenvalue weighted by Crippen LogP contribution is -2.24. The lowest BCUT2D eigenvalue weighted by molar-refractivity contribution is -0.118. The highest BCUT2D eigenvalue weighted by Crippen LogP contribution is 2.28. The minimum atomic E-state index is -0.0425. The van der Waals surface area contributed by atoms with Gasteiger partial charge in [0.25, 0.3) is 0 Å². The van der Waals surface area contributed by atoms with Crippen LogP contribution in [0.15, 0.2) is 77.3 Å². The Kier molecular flexibility index (Phi) is 6.29. The number of benzene rings is 2. The molecule has 0 atom stereocenters. The van der Waals surface area contributed by atoms with Crippen molar-refractivity contribution in [1.29, 1.82) is 0 Å². The number of rotatable bonds is 7. The van der Waals surface area contributed by atoms with Gasteiger partial charge in [0.15, 0.2) is 11.0 Å². The highest BCUT2D eigenvalue weighted by molar-refractivity contribution is 7.99. The quantitative estimate of drug-likeness (QED) is 0.408. The number of halogens is 1. The number of nitrogens with zero attached hydrogens (tertiary/aromatic N) is 3. The Hall–Kier alpha value is -2.61. The number of carbonyl (C=O) groups excluding carboxylic acids is 1. The first kappa shape index (κ1) is 19.7. The van der Waals surface area contributed by atoms with Crippen LogP contribution >= 0.6 is 34.7 Å². The maximum Gasteiger partial charge on any atom is 0.230 e. The van der Waals surface area contributed by atoms with Crippen LogP contribution in [-0.2, 0) is 11.3 Å². The molecule has 0 spiro atoms. The van der Waals surface area contributed by atoms with E-state index < -0.39 is 0 Å². The van der Waals surface area contributed by atoms with Crippen LogP contribution in [0.2, 0.25) is 5.02 Å². The Balaban J connectivity index is 1.55. The van der Waals surface area contributed by atoms with Gasteiger partial charge in [0, 0.05) is 21.2 Å². The van der Waals surface area contributed by atoms with Crippen LogP contribution in [0.3, 0.4) is 0 Å². The summed E-state index contributed by atoms with van der Waals surface area (Å²) in [5, 5.41) is 15.0. The zero-order valence-corrected chi connectivity index (χ0v) is 17.7. The number of para-hydroxylation sites is 1. The molecule has 0 saturated carbocycles. The highest BCUT2D eigenvalue weighted by Gasteiger charge is 2.17. The molecule has 4 aromatic rings. The highest BCUT2D eigenvalue weighted by atomic mass is 35.5. The molecule has 29 heavy (non-hydrogen) atoms. The summed E-state index contributed by atoms with van der Waals surface area (Å²) in [7, 11) is 0. The molecule has 5 nitrogen and oxygen atoms in total. The Labute approximate surface area is 181 Å². The van der Waals surface area contributed by atoms with Gasteiger partial charge >= 0.3 is 0 Å². The zero-order chi connectivity index (χ0) is 20.1. The van der Waals surface area contributed by atoms with E-state index in [0.717, 1.165) is 16.1 Å². The molecule has 0 aliphatic carbocycles. The van der Waals surface area contributed by atoms with E-state index in [1.165, 1.54) is 11.8 Å². The summed E-state index contributed by atoms with van der Waals surface area (Å²) in [6.45, 7) is 0.540. The molecule has 1 amide bonds. The Morgan fingerprint density at radius 1 is 1.03 bits per heavy atom. The summed E-state index contributed by atoms with van der Waals surface area (Å²) in [6, 6.07) is 21.3. The van der Waals surface area contributed by atoms with E-state index in [2.05, 4.69) is 15.5 Å². The number of amides is 1. The lowest BCUT2D eigenvalue weighted by Gasteiger charge is -2.10. The number of thioether (sulfide) groups is 1. The Morgan fingerprint density at radius 2 is 1.83 bits per heavy atom. The third kappa shape index (κ3) is 4.87. The maximum atomic E-state index is 12.3. The molecule has 0 bridgehead atoms. The largest absolute Gasteiger partial charge is 0.350 e. The second kappa shape index (κ2) is 9.26. The summed E-state index contributed by atoms with van der Waals surface area (Å²) < 4.78 is 1.96. The van der Waals surface area contributed by atoms with Crippen LogP contribution in [0.5, 0.6) is 0 Å². The second-order valence-electron chi connectivity index (χ2n) is 6.13. The van der Waals surface area contributed by atoms with E-state index in [0.29, 0.717) is 22.5 Å². The van der Waals surface area contributed by atoms with E-state index in [-0.39, 0.29) is 11.7 Å². The average Bonchev–Trinajstić information content (AvgIpc) is 3.42. The second-order valence-corrected chi connectivity index (χ2v) is 8.54. The molecule has 0 aliphatic rings. The first-order chi connectivity index (χ1) is 14.2. The monoisotopic (exact) mass is 440 g/mol. The van der Waals surface area contributed by atoms with Crippen molar-refractivity contribution >= 4 is 40.6 Å². The summed E-state index contributed by atoms with van der Waals surface area (Å²) in [5.41, 5.74) is 1.84. The predicted molar refractivity (Wildman–Crippen MR) is 119 cm³/mol. The number of aromatic nitrogens is 3. The van der Waals surface area contributed by atoms with Crippen molar-refractivity contribution in [2.45, 2.75) is 11.7 Å².